The molecule has 0 bridgehead atoms. The van der Waals surface area contributed by atoms with Crippen LogP contribution in [0, 0.1) is 22.7 Å². The number of nitriles is 2. The van der Waals surface area contributed by atoms with E-state index in [1.165, 1.54) is 15.6 Å². The highest BCUT2D eigenvalue weighted by molar-refractivity contribution is 7.20. The monoisotopic (exact) mass is 627 g/mol. The quantitative estimate of drug-likeness (QED) is 0.141. The zero-order chi connectivity index (χ0) is 32.5. The minimum absolute atomic E-state index is 0.632. The lowest BCUT2D eigenvalue weighted by Crippen LogP contribution is -2.75. The summed E-state index contributed by atoms with van der Waals surface area (Å²) in [6.07, 6.45) is 0. The van der Waals surface area contributed by atoms with Crippen LogP contribution in [0.25, 0.3) is 38.6 Å². The van der Waals surface area contributed by atoms with Gasteiger partial charge in [0.1, 0.15) is 0 Å². The van der Waals surface area contributed by atoms with Crippen LogP contribution >= 0.6 is 0 Å². The van der Waals surface area contributed by atoms with Crippen molar-refractivity contribution in [3.05, 3.63) is 187 Å². The van der Waals surface area contributed by atoms with Gasteiger partial charge in [-0.1, -0.05) is 140 Å². The molecule has 7 aromatic carbocycles. The highest BCUT2D eigenvalue weighted by atomic mass is 28.3. The number of hydrogen-bond acceptors (Lipinski definition) is 2. The predicted molar refractivity (Wildman–Crippen MR) is 199 cm³/mol. The van der Waals surface area contributed by atoms with Gasteiger partial charge in [-0.15, -0.1) is 0 Å². The number of hydrogen-bond donors (Lipinski definition) is 0. The first kappa shape index (κ1) is 29.0. The van der Waals surface area contributed by atoms with E-state index in [-0.39, 0.29) is 0 Å². The first-order valence-electron chi connectivity index (χ1n) is 16.0. The topological polar surface area (TPSA) is 52.5 Å². The molecule has 224 valence electrons. The number of fused-ring (bicyclic) bond motifs is 3. The van der Waals surface area contributed by atoms with Crippen molar-refractivity contribution in [1.29, 1.82) is 10.5 Å². The van der Waals surface area contributed by atoms with Gasteiger partial charge in [0.25, 0.3) is 0 Å². The predicted octanol–water partition coefficient (Wildman–Crippen LogP) is 7.57. The summed E-state index contributed by atoms with van der Waals surface area (Å²) in [5.41, 5.74) is 6.48. The number of aromatic nitrogens is 1. The SMILES string of the molecule is N#Cc1ccc2c(c1)c1ccccc1n2-c1ccccc1-c1cccc(C#N)c1[Si](c1ccccc1)(c1ccccc1)c1ccccc1. The lowest BCUT2D eigenvalue weighted by Gasteiger charge is -2.37. The first-order valence-corrected chi connectivity index (χ1v) is 18.0. The third-order valence-corrected chi connectivity index (χ3v) is 14.3. The van der Waals surface area contributed by atoms with E-state index in [0.717, 1.165) is 43.8 Å². The van der Waals surface area contributed by atoms with E-state index in [4.69, 9.17) is 0 Å². The molecule has 0 saturated carbocycles. The van der Waals surface area contributed by atoms with E-state index in [9.17, 15) is 10.5 Å². The Labute approximate surface area is 280 Å². The number of para-hydroxylation sites is 2. The van der Waals surface area contributed by atoms with Crippen molar-refractivity contribution in [3.63, 3.8) is 0 Å². The lowest BCUT2D eigenvalue weighted by atomic mass is 10.0. The molecule has 0 spiro atoms. The maximum absolute atomic E-state index is 10.9. The second-order valence-corrected chi connectivity index (χ2v) is 15.6. The second kappa shape index (κ2) is 12.0. The summed E-state index contributed by atoms with van der Waals surface area (Å²) in [7, 11) is -3.09. The van der Waals surface area contributed by atoms with Gasteiger partial charge in [0.15, 0.2) is 8.07 Å². The highest BCUT2D eigenvalue weighted by Crippen LogP contribution is 2.37. The molecule has 48 heavy (non-hydrogen) atoms. The van der Waals surface area contributed by atoms with Crippen molar-refractivity contribution in [2.75, 3.05) is 0 Å². The third-order valence-electron chi connectivity index (χ3n) is 9.42. The smallest absolute Gasteiger partial charge is 0.181 e. The van der Waals surface area contributed by atoms with Crippen LogP contribution in [0.2, 0.25) is 0 Å². The summed E-state index contributed by atoms with van der Waals surface area (Å²) in [6.45, 7) is 0. The first-order chi connectivity index (χ1) is 23.8. The number of benzene rings is 7. The van der Waals surface area contributed by atoms with E-state index in [0.29, 0.717) is 11.1 Å². The molecule has 0 aliphatic heterocycles. The van der Waals surface area contributed by atoms with Crippen LogP contribution < -0.4 is 20.7 Å². The molecule has 3 nitrogen and oxygen atoms in total. The molecule has 0 amide bonds. The Kier molecular flexibility index (Phi) is 7.27. The molecule has 8 aromatic rings. The van der Waals surface area contributed by atoms with Crippen LogP contribution in [0.1, 0.15) is 11.1 Å². The lowest BCUT2D eigenvalue weighted by molar-refractivity contribution is 1.18. The minimum Gasteiger partial charge on any atom is -0.309 e. The summed E-state index contributed by atoms with van der Waals surface area (Å²) < 4.78 is 2.31. The van der Waals surface area contributed by atoms with Crippen molar-refractivity contribution in [2.45, 2.75) is 0 Å². The minimum atomic E-state index is -3.09. The summed E-state index contributed by atoms with van der Waals surface area (Å²) in [5.74, 6) is 0. The van der Waals surface area contributed by atoms with Crippen LogP contribution in [0.4, 0.5) is 0 Å². The van der Waals surface area contributed by atoms with E-state index in [2.05, 4.69) is 156 Å². The fraction of sp³-hybridized carbons (Fsp3) is 0. The fourth-order valence-corrected chi connectivity index (χ4v) is 12.6. The average Bonchev–Trinajstić information content (AvgIpc) is 3.50. The summed E-state index contributed by atoms with van der Waals surface area (Å²) in [5, 5.41) is 27.5. The molecule has 0 N–H and O–H groups in total. The molecule has 1 aromatic heterocycles. The third kappa shape index (κ3) is 4.48. The normalized spacial score (nSPS) is 11.3. The molecule has 0 aliphatic carbocycles. The Morgan fingerprint density at radius 3 is 1.60 bits per heavy atom. The van der Waals surface area contributed by atoms with Crippen LogP contribution in [-0.4, -0.2) is 12.6 Å². The largest absolute Gasteiger partial charge is 0.309 e. The van der Waals surface area contributed by atoms with Crippen LogP contribution in [-0.2, 0) is 0 Å². The van der Waals surface area contributed by atoms with Gasteiger partial charge in [-0.05, 0) is 62.7 Å². The van der Waals surface area contributed by atoms with Crippen molar-refractivity contribution in [3.8, 4) is 29.0 Å². The second-order valence-electron chi connectivity index (χ2n) is 11.9. The molecule has 0 radical (unpaired) electrons. The Balaban J connectivity index is 1.53. The number of rotatable bonds is 6. The zero-order valence-corrected chi connectivity index (χ0v) is 27.1. The Morgan fingerprint density at radius 1 is 0.438 bits per heavy atom. The Morgan fingerprint density at radius 2 is 0.979 bits per heavy atom. The summed E-state index contributed by atoms with van der Waals surface area (Å²) >= 11 is 0. The Hall–Kier alpha value is -6.46. The van der Waals surface area contributed by atoms with Gasteiger partial charge in [0, 0.05) is 16.3 Å². The van der Waals surface area contributed by atoms with Gasteiger partial charge < -0.3 is 4.57 Å². The van der Waals surface area contributed by atoms with Crippen molar-refractivity contribution in [1.82, 2.24) is 4.57 Å². The maximum Gasteiger partial charge on any atom is 0.181 e. The van der Waals surface area contributed by atoms with E-state index in [1.54, 1.807) is 0 Å². The molecular formula is C44H29N3Si. The summed E-state index contributed by atoms with van der Waals surface area (Å²) in [4.78, 5) is 0. The van der Waals surface area contributed by atoms with Gasteiger partial charge in [-0.3, -0.25) is 0 Å². The molecule has 1 heterocycles. The van der Waals surface area contributed by atoms with Crippen molar-refractivity contribution < 1.29 is 0 Å². The van der Waals surface area contributed by atoms with E-state index >= 15 is 0 Å². The van der Waals surface area contributed by atoms with E-state index < -0.39 is 8.07 Å². The van der Waals surface area contributed by atoms with Gasteiger partial charge in [0.05, 0.1) is 40.0 Å². The van der Waals surface area contributed by atoms with Crippen LogP contribution in [0.3, 0.4) is 0 Å². The van der Waals surface area contributed by atoms with Gasteiger partial charge in [-0.25, -0.2) is 0 Å². The zero-order valence-electron chi connectivity index (χ0n) is 26.1. The maximum atomic E-state index is 10.9. The molecule has 4 heteroatoms. The van der Waals surface area contributed by atoms with Crippen molar-refractivity contribution >= 4 is 50.6 Å². The molecule has 0 saturated heterocycles. The molecule has 0 fully saturated rings. The molecular weight excluding hydrogens is 599 g/mol. The standard InChI is InChI=1S/C44H29N3Si/c45-30-32-27-28-43-40(29-32)38-23-11-13-26-42(38)47(43)41-25-12-10-22-37(41)39-24-14-15-33(31-46)44(39)48(34-16-4-1-5-17-34,35-18-6-2-7-19-35)36-20-8-3-9-21-36/h1-29H. The average molecular weight is 628 g/mol. The number of nitrogens with zero attached hydrogens (tertiary/aromatic N) is 3. The fourth-order valence-electron chi connectivity index (χ4n) is 7.47. The van der Waals surface area contributed by atoms with Crippen LogP contribution in [0.15, 0.2) is 176 Å². The molecule has 0 atom stereocenters. The molecule has 0 aliphatic rings. The highest BCUT2D eigenvalue weighted by Gasteiger charge is 2.44. The Bertz CT molecular complexity index is 2430. The molecule has 8 rings (SSSR count). The summed E-state index contributed by atoms with van der Waals surface area (Å²) in [6, 6.07) is 66.2. The van der Waals surface area contributed by atoms with Gasteiger partial charge >= 0.3 is 0 Å². The van der Waals surface area contributed by atoms with Gasteiger partial charge in [0.2, 0.25) is 0 Å². The molecule has 0 unspecified atom stereocenters. The van der Waals surface area contributed by atoms with E-state index in [1.807, 2.05) is 36.4 Å². The van der Waals surface area contributed by atoms with Crippen LogP contribution in [0.5, 0.6) is 0 Å². The van der Waals surface area contributed by atoms with Crippen molar-refractivity contribution in [2.24, 2.45) is 0 Å². The van der Waals surface area contributed by atoms with Gasteiger partial charge in [-0.2, -0.15) is 10.5 Å².